The summed E-state index contributed by atoms with van der Waals surface area (Å²) in [7, 11) is -3.96. The molecule has 0 spiro atoms. The number of benzene rings is 2. The number of amides is 1. The quantitative estimate of drug-likeness (QED) is 0.709. The Labute approximate surface area is 177 Å². The largest absolute Gasteiger partial charge is 0.378 e. The molecule has 0 radical (unpaired) electrons. The summed E-state index contributed by atoms with van der Waals surface area (Å²) in [4.78, 5) is 16.9. The van der Waals surface area contributed by atoms with Crippen molar-refractivity contribution in [3.63, 3.8) is 0 Å². The summed E-state index contributed by atoms with van der Waals surface area (Å²) in [5, 5.41) is 5.31. The molecule has 3 rings (SSSR count). The fourth-order valence-corrected chi connectivity index (χ4v) is 3.88. The lowest BCUT2D eigenvalue weighted by molar-refractivity contribution is 0.0765. The zero-order valence-corrected chi connectivity index (χ0v) is 17.7. The van der Waals surface area contributed by atoms with Gasteiger partial charge in [0.05, 0.1) is 30.2 Å². The van der Waals surface area contributed by atoms with E-state index in [1.165, 1.54) is 17.0 Å². The van der Waals surface area contributed by atoms with Crippen molar-refractivity contribution in [2.45, 2.75) is 18.4 Å². The number of terminal acetylenes is 1. The SMILES string of the molecule is C#CCN(Cc1ccc(C)cc1)C(=O)c1cc(S(N)(=O)=O)ccc1N1CCOCC1. The number of ether oxygens (including phenoxy) is 1. The van der Waals surface area contributed by atoms with E-state index < -0.39 is 10.0 Å². The number of nitrogens with two attached hydrogens (primary N) is 1. The molecule has 0 atom stereocenters. The lowest BCUT2D eigenvalue weighted by atomic mass is 10.1. The number of rotatable bonds is 6. The van der Waals surface area contributed by atoms with Crippen molar-refractivity contribution in [2.75, 3.05) is 37.7 Å². The predicted octanol–water partition coefficient (Wildman–Crippen LogP) is 1.75. The highest BCUT2D eigenvalue weighted by Crippen LogP contribution is 2.27. The molecule has 2 N–H and O–H groups in total. The summed E-state index contributed by atoms with van der Waals surface area (Å²) < 4.78 is 29.2. The zero-order valence-electron chi connectivity index (χ0n) is 16.9. The third-order valence-electron chi connectivity index (χ3n) is 4.94. The van der Waals surface area contributed by atoms with Crippen LogP contribution in [0.5, 0.6) is 0 Å². The van der Waals surface area contributed by atoms with Gasteiger partial charge in [0, 0.05) is 25.3 Å². The minimum Gasteiger partial charge on any atom is -0.378 e. The highest BCUT2D eigenvalue weighted by molar-refractivity contribution is 7.89. The van der Waals surface area contributed by atoms with Crippen LogP contribution in [0, 0.1) is 19.3 Å². The molecule has 7 nitrogen and oxygen atoms in total. The maximum Gasteiger partial charge on any atom is 0.257 e. The first-order chi connectivity index (χ1) is 14.3. The van der Waals surface area contributed by atoms with Crippen molar-refractivity contribution in [1.82, 2.24) is 4.90 Å². The van der Waals surface area contributed by atoms with Crippen LogP contribution in [0.4, 0.5) is 5.69 Å². The van der Waals surface area contributed by atoms with Crippen molar-refractivity contribution in [1.29, 1.82) is 0 Å². The Kier molecular flexibility index (Phi) is 6.77. The molecular weight excluding hydrogens is 402 g/mol. The highest BCUT2D eigenvalue weighted by Gasteiger charge is 2.25. The number of morpholine rings is 1. The van der Waals surface area contributed by atoms with Crippen molar-refractivity contribution < 1.29 is 17.9 Å². The first-order valence-electron chi connectivity index (χ1n) is 9.57. The van der Waals surface area contributed by atoms with E-state index in [2.05, 4.69) is 5.92 Å². The summed E-state index contributed by atoms with van der Waals surface area (Å²) in [5.74, 6) is 2.18. The van der Waals surface area contributed by atoms with Crippen LogP contribution < -0.4 is 10.0 Å². The van der Waals surface area contributed by atoms with E-state index >= 15 is 0 Å². The molecule has 0 aliphatic carbocycles. The number of nitrogens with zero attached hydrogens (tertiary/aromatic N) is 2. The molecular formula is C22H25N3O4S. The van der Waals surface area contributed by atoms with E-state index in [0.29, 0.717) is 38.5 Å². The van der Waals surface area contributed by atoms with Gasteiger partial charge in [-0.25, -0.2) is 13.6 Å². The van der Waals surface area contributed by atoms with Crippen LogP contribution in [0.15, 0.2) is 47.4 Å². The Morgan fingerprint density at radius 1 is 1.20 bits per heavy atom. The number of anilines is 1. The molecule has 0 unspecified atom stereocenters. The first kappa shape index (κ1) is 21.8. The molecule has 2 aromatic rings. The maximum atomic E-state index is 13.5. The van der Waals surface area contributed by atoms with Gasteiger partial charge in [-0.15, -0.1) is 6.42 Å². The Hall–Kier alpha value is -2.86. The molecule has 1 saturated heterocycles. The topological polar surface area (TPSA) is 92.9 Å². The number of hydrogen-bond acceptors (Lipinski definition) is 5. The number of sulfonamides is 1. The highest BCUT2D eigenvalue weighted by atomic mass is 32.2. The number of primary sulfonamides is 1. The van der Waals surface area contributed by atoms with E-state index in [4.69, 9.17) is 16.3 Å². The number of hydrogen-bond donors (Lipinski definition) is 1. The molecule has 1 amide bonds. The van der Waals surface area contributed by atoms with Gasteiger partial charge < -0.3 is 14.5 Å². The monoisotopic (exact) mass is 427 g/mol. The molecule has 0 bridgehead atoms. The third-order valence-corrected chi connectivity index (χ3v) is 5.85. The predicted molar refractivity (Wildman–Crippen MR) is 116 cm³/mol. The molecule has 1 aliphatic heterocycles. The summed E-state index contributed by atoms with van der Waals surface area (Å²) >= 11 is 0. The fraction of sp³-hybridized carbons (Fsp3) is 0.318. The Morgan fingerprint density at radius 3 is 2.47 bits per heavy atom. The van der Waals surface area contributed by atoms with Crippen LogP contribution in [0.1, 0.15) is 21.5 Å². The van der Waals surface area contributed by atoms with Crippen LogP contribution in [-0.4, -0.2) is 52.1 Å². The van der Waals surface area contributed by atoms with Crippen molar-refractivity contribution >= 4 is 21.6 Å². The number of carbonyl (C=O) groups is 1. The van der Waals surface area contributed by atoms with Gasteiger partial charge >= 0.3 is 0 Å². The second-order valence-electron chi connectivity index (χ2n) is 7.17. The molecule has 1 heterocycles. The van der Waals surface area contributed by atoms with E-state index in [1.54, 1.807) is 6.07 Å². The van der Waals surface area contributed by atoms with E-state index in [9.17, 15) is 13.2 Å². The van der Waals surface area contributed by atoms with Gasteiger partial charge in [-0.2, -0.15) is 0 Å². The van der Waals surface area contributed by atoms with Gasteiger partial charge in [-0.05, 0) is 30.7 Å². The van der Waals surface area contributed by atoms with Gasteiger partial charge in [-0.3, -0.25) is 4.79 Å². The van der Waals surface area contributed by atoms with Gasteiger partial charge in [0.2, 0.25) is 10.0 Å². The Morgan fingerprint density at radius 2 is 1.87 bits per heavy atom. The van der Waals surface area contributed by atoms with E-state index in [1.807, 2.05) is 36.1 Å². The van der Waals surface area contributed by atoms with Crippen LogP contribution in [0.2, 0.25) is 0 Å². The lowest BCUT2D eigenvalue weighted by Gasteiger charge is -2.31. The number of carbonyl (C=O) groups excluding carboxylic acids is 1. The van der Waals surface area contributed by atoms with Crippen LogP contribution in [0.3, 0.4) is 0 Å². The second kappa shape index (κ2) is 9.30. The molecule has 0 aromatic heterocycles. The fourth-order valence-electron chi connectivity index (χ4n) is 3.34. The van der Waals surface area contributed by atoms with Gasteiger partial charge in [0.1, 0.15) is 0 Å². The Balaban J connectivity index is 2.00. The smallest absolute Gasteiger partial charge is 0.257 e. The third kappa shape index (κ3) is 5.19. The van der Waals surface area contributed by atoms with E-state index in [0.717, 1.165) is 11.1 Å². The molecule has 1 fully saturated rings. The normalized spacial score (nSPS) is 14.2. The van der Waals surface area contributed by atoms with E-state index in [-0.39, 0.29) is 22.9 Å². The summed E-state index contributed by atoms with van der Waals surface area (Å²) in [5.41, 5.74) is 2.94. The Bertz CT molecular complexity index is 1050. The van der Waals surface area contributed by atoms with Crippen LogP contribution in [0.25, 0.3) is 0 Å². The van der Waals surface area contributed by atoms with Crippen LogP contribution in [-0.2, 0) is 21.3 Å². The van der Waals surface area contributed by atoms with Crippen molar-refractivity contribution in [2.24, 2.45) is 5.14 Å². The second-order valence-corrected chi connectivity index (χ2v) is 8.74. The molecule has 8 heteroatoms. The standard InChI is InChI=1S/C22H25N3O4S/c1-3-10-25(16-18-6-4-17(2)5-7-18)22(26)20-15-19(30(23,27)28)8-9-21(20)24-11-13-29-14-12-24/h1,4-9,15H,10-14,16H2,2H3,(H2,23,27,28). The first-order valence-corrected chi connectivity index (χ1v) is 11.1. The molecule has 158 valence electrons. The van der Waals surface area contributed by atoms with Crippen molar-refractivity contribution in [3.8, 4) is 12.3 Å². The van der Waals surface area contributed by atoms with Crippen molar-refractivity contribution in [3.05, 3.63) is 59.2 Å². The maximum absolute atomic E-state index is 13.5. The summed E-state index contributed by atoms with van der Waals surface area (Å²) in [6, 6.07) is 12.2. The number of aryl methyl sites for hydroxylation is 1. The molecule has 1 aliphatic rings. The van der Waals surface area contributed by atoms with Crippen LogP contribution >= 0.6 is 0 Å². The lowest BCUT2D eigenvalue weighted by Crippen LogP contribution is -2.39. The molecule has 2 aromatic carbocycles. The average Bonchev–Trinajstić information content (AvgIpc) is 2.74. The summed E-state index contributed by atoms with van der Waals surface area (Å²) in [6.45, 7) is 4.65. The van der Waals surface area contributed by atoms with Gasteiger partial charge in [-0.1, -0.05) is 35.7 Å². The molecule has 0 saturated carbocycles. The van der Waals surface area contributed by atoms with Gasteiger partial charge in [0.15, 0.2) is 0 Å². The minimum absolute atomic E-state index is 0.0921. The van der Waals surface area contributed by atoms with Gasteiger partial charge in [0.25, 0.3) is 5.91 Å². The minimum atomic E-state index is -3.96. The summed E-state index contributed by atoms with van der Waals surface area (Å²) in [6.07, 6.45) is 5.52. The zero-order chi connectivity index (χ0) is 21.7. The molecule has 30 heavy (non-hydrogen) atoms. The average molecular weight is 428 g/mol.